The van der Waals surface area contributed by atoms with Gasteiger partial charge in [-0.1, -0.05) is 0 Å². The highest BCUT2D eigenvalue weighted by atomic mass is 16.1. The van der Waals surface area contributed by atoms with E-state index in [9.17, 15) is 9.59 Å². The Labute approximate surface area is 105 Å². The topological polar surface area (TPSA) is 90.0 Å². The summed E-state index contributed by atoms with van der Waals surface area (Å²) < 4.78 is 1.69. The van der Waals surface area contributed by atoms with Gasteiger partial charge in [0, 0.05) is 30.4 Å². The van der Waals surface area contributed by atoms with Gasteiger partial charge in [-0.25, -0.2) is 4.98 Å². The fraction of sp³-hybridized carbons (Fsp3) is 0.583. The molecule has 2 rings (SSSR count). The molecule has 18 heavy (non-hydrogen) atoms. The van der Waals surface area contributed by atoms with Gasteiger partial charge < -0.3 is 15.6 Å². The van der Waals surface area contributed by atoms with Gasteiger partial charge in [-0.15, -0.1) is 0 Å². The molecule has 1 aromatic rings. The van der Waals surface area contributed by atoms with Crippen LogP contribution in [0.3, 0.4) is 0 Å². The molecule has 0 spiro atoms. The Morgan fingerprint density at radius 3 is 2.83 bits per heavy atom. The van der Waals surface area contributed by atoms with Crippen LogP contribution < -0.4 is 16.6 Å². The lowest BCUT2D eigenvalue weighted by Gasteiger charge is -2.25. The monoisotopic (exact) mass is 250 g/mol. The molecule has 1 heterocycles. The predicted octanol–water partition coefficient (Wildman–Crippen LogP) is 0.644. The SMILES string of the molecule is CC(C)(CC(N)=O)Nc1nccn(C2CC2)c1=O. The molecule has 0 radical (unpaired) electrons. The number of rotatable bonds is 5. The first-order valence-corrected chi connectivity index (χ1v) is 6.03. The third-order valence-corrected chi connectivity index (χ3v) is 2.88. The van der Waals surface area contributed by atoms with Crippen LogP contribution in [-0.2, 0) is 4.79 Å². The van der Waals surface area contributed by atoms with Crippen molar-refractivity contribution in [2.24, 2.45) is 5.73 Å². The maximum Gasteiger partial charge on any atom is 0.293 e. The smallest absolute Gasteiger partial charge is 0.293 e. The van der Waals surface area contributed by atoms with Crippen molar-refractivity contribution in [3.8, 4) is 0 Å². The molecule has 0 atom stereocenters. The van der Waals surface area contributed by atoms with Crippen molar-refractivity contribution in [2.45, 2.75) is 44.7 Å². The Balaban J connectivity index is 2.21. The van der Waals surface area contributed by atoms with Crippen LogP contribution in [-0.4, -0.2) is 21.0 Å². The van der Waals surface area contributed by atoms with E-state index in [0.717, 1.165) is 12.8 Å². The minimum Gasteiger partial charge on any atom is -0.370 e. The van der Waals surface area contributed by atoms with Crippen LogP contribution in [0.4, 0.5) is 5.82 Å². The highest BCUT2D eigenvalue weighted by Gasteiger charge is 2.27. The number of carbonyl (C=O) groups is 1. The van der Waals surface area contributed by atoms with Crippen LogP contribution in [0.25, 0.3) is 0 Å². The van der Waals surface area contributed by atoms with Crippen LogP contribution >= 0.6 is 0 Å². The molecular formula is C12H18N4O2. The standard InChI is InChI=1S/C12H18N4O2/c1-12(2,7-9(13)17)15-10-11(18)16(6-5-14-10)8-3-4-8/h5-6,8H,3-4,7H2,1-2H3,(H2,13,17)(H,14,15). The lowest BCUT2D eigenvalue weighted by atomic mass is 10.0. The number of nitrogens with two attached hydrogens (primary N) is 1. The van der Waals surface area contributed by atoms with E-state index in [-0.39, 0.29) is 17.8 Å². The second-order valence-corrected chi connectivity index (χ2v) is 5.37. The molecule has 1 fully saturated rings. The number of carbonyl (C=O) groups excluding carboxylic acids is 1. The Kier molecular flexibility index (Phi) is 3.11. The van der Waals surface area contributed by atoms with Crippen molar-refractivity contribution in [3.63, 3.8) is 0 Å². The van der Waals surface area contributed by atoms with Gasteiger partial charge in [0.1, 0.15) is 0 Å². The number of hydrogen-bond donors (Lipinski definition) is 2. The highest BCUT2D eigenvalue weighted by Crippen LogP contribution is 2.33. The third-order valence-electron chi connectivity index (χ3n) is 2.88. The van der Waals surface area contributed by atoms with Crippen molar-refractivity contribution < 1.29 is 4.79 Å². The molecular weight excluding hydrogens is 232 g/mol. The summed E-state index contributed by atoms with van der Waals surface area (Å²) in [5.41, 5.74) is 4.45. The van der Waals surface area contributed by atoms with Gasteiger partial charge in [0.25, 0.3) is 5.56 Å². The normalized spacial score (nSPS) is 15.4. The highest BCUT2D eigenvalue weighted by molar-refractivity contribution is 5.75. The molecule has 1 saturated carbocycles. The average molecular weight is 250 g/mol. The number of anilines is 1. The Morgan fingerprint density at radius 2 is 2.28 bits per heavy atom. The molecule has 1 amide bonds. The molecule has 0 unspecified atom stereocenters. The largest absolute Gasteiger partial charge is 0.370 e. The van der Waals surface area contributed by atoms with Gasteiger partial charge in [-0.2, -0.15) is 0 Å². The first kappa shape index (κ1) is 12.6. The van der Waals surface area contributed by atoms with Crippen molar-refractivity contribution in [1.82, 2.24) is 9.55 Å². The van der Waals surface area contributed by atoms with Gasteiger partial charge in [-0.3, -0.25) is 9.59 Å². The number of nitrogens with zero attached hydrogens (tertiary/aromatic N) is 2. The Bertz CT molecular complexity index is 517. The van der Waals surface area contributed by atoms with E-state index in [1.165, 1.54) is 0 Å². The third kappa shape index (κ3) is 2.88. The lowest BCUT2D eigenvalue weighted by Crippen LogP contribution is -2.39. The second kappa shape index (κ2) is 4.44. The van der Waals surface area contributed by atoms with E-state index in [2.05, 4.69) is 10.3 Å². The van der Waals surface area contributed by atoms with Gasteiger partial charge in [0.15, 0.2) is 5.82 Å². The van der Waals surface area contributed by atoms with Crippen molar-refractivity contribution in [3.05, 3.63) is 22.7 Å². The molecule has 1 aliphatic rings. The molecule has 6 nitrogen and oxygen atoms in total. The maximum atomic E-state index is 12.1. The molecule has 6 heteroatoms. The van der Waals surface area contributed by atoms with E-state index in [4.69, 9.17) is 5.73 Å². The summed E-state index contributed by atoms with van der Waals surface area (Å²) in [5.74, 6) is -0.137. The molecule has 98 valence electrons. The number of nitrogens with one attached hydrogen (secondary N) is 1. The first-order chi connectivity index (χ1) is 8.39. The molecule has 1 aromatic heterocycles. The quantitative estimate of drug-likeness (QED) is 0.802. The Morgan fingerprint density at radius 1 is 1.61 bits per heavy atom. The minimum atomic E-state index is -0.583. The van der Waals surface area contributed by atoms with Crippen LogP contribution in [0, 0.1) is 0 Å². The van der Waals surface area contributed by atoms with E-state index in [1.54, 1.807) is 17.0 Å². The summed E-state index contributed by atoms with van der Waals surface area (Å²) in [7, 11) is 0. The van der Waals surface area contributed by atoms with Gasteiger partial charge in [0.05, 0.1) is 0 Å². The van der Waals surface area contributed by atoms with Crippen LogP contribution in [0.2, 0.25) is 0 Å². The number of amides is 1. The van der Waals surface area contributed by atoms with Gasteiger partial charge in [0.2, 0.25) is 5.91 Å². The van der Waals surface area contributed by atoms with Crippen LogP contribution in [0.5, 0.6) is 0 Å². The van der Waals surface area contributed by atoms with Crippen LogP contribution in [0.15, 0.2) is 17.2 Å². The second-order valence-electron chi connectivity index (χ2n) is 5.37. The average Bonchev–Trinajstić information content (AvgIpc) is 3.02. The number of aromatic nitrogens is 2. The van der Waals surface area contributed by atoms with Gasteiger partial charge >= 0.3 is 0 Å². The first-order valence-electron chi connectivity index (χ1n) is 6.03. The summed E-state index contributed by atoms with van der Waals surface area (Å²) in [4.78, 5) is 27.1. The molecule has 0 aromatic carbocycles. The summed E-state index contributed by atoms with van der Waals surface area (Å²) in [6, 6.07) is 0.306. The Hall–Kier alpha value is -1.85. The summed E-state index contributed by atoms with van der Waals surface area (Å²) >= 11 is 0. The van der Waals surface area contributed by atoms with Crippen molar-refractivity contribution in [1.29, 1.82) is 0 Å². The fourth-order valence-corrected chi connectivity index (χ4v) is 1.95. The van der Waals surface area contributed by atoms with Crippen LogP contribution in [0.1, 0.15) is 39.2 Å². The summed E-state index contributed by atoms with van der Waals surface area (Å²) in [6.45, 7) is 3.63. The molecule has 1 aliphatic carbocycles. The molecule has 3 N–H and O–H groups in total. The lowest BCUT2D eigenvalue weighted by molar-refractivity contribution is -0.118. The van der Waals surface area contributed by atoms with Crippen molar-refractivity contribution >= 4 is 11.7 Å². The van der Waals surface area contributed by atoms with Gasteiger partial charge in [-0.05, 0) is 26.7 Å². The van der Waals surface area contributed by atoms with E-state index in [1.807, 2.05) is 13.8 Å². The zero-order chi connectivity index (χ0) is 13.3. The number of primary amides is 1. The molecule has 0 saturated heterocycles. The van der Waals surface area contributed by atoms with E-state index in [0.29, 0.717) is 6.04 Å². The molecule has 0 aliphatic heterocycles. The minimum absolute atomic E-state index is 0.141. The number of hydrogen-bond acceptors (Lipinski definition) is 4. The molecule has 0 bridgehead atoms. The van der Waals surface area contributed by atoms with Crippen molar-refractivity contribution in [2.75, 3.05) is 5.32 Å². The maximum absolute atomic E-state index is 12.1. The zero-order valence-corrected chi connectivity index (χ0v) is 10.6. The fourth-order valence-electron chi connectivity index (χ4n) is 1.95. The summed E-state index contributed by atoms with van der Waals surface area (Å²) in [5, 5.41) is 3.00. The van der Waals surface area contributed by atoms with E-state index >= 15 is 0 Å². The van der Waals surface area contributed by atoms with E-state index < -0.39 is 11.4 Å². The summed E-state index contributed by atoms with van der Waals surface area (Å²) in [6.07, 6.45) is 5.52. The predicted molar refractivity (Wildman–Crippen MR) is 68.3 cm³/mol. The zero-order valence-electron chi connectivity index (χ0n) is 10.6.